The van der Waals surface area contributed by atoms with Crippen molar-refractivity contribution in [1.82, 2.24) is 10.6 Å². The van der Waals surface area contributed by atoms with Crippen LogP contribution in [0.4, 0.5) is 13.2 Å². The highest BCUT2D eigenvalue weighted by Crippen LogP contribution is 2.29. The van der Waals surface area contributed by atoms with E-state index in [-0.39, 0.29) is 29.9 Å². The number of guanidine groups is 1. The summed E-state index contributed by atoms with van der Waals surface area (Å²) in [6.45, 7) is 3.78. The van der Waals surface area contributed by atoms with Gasteiger partial charge in [-0.15, -0.1) is 24.0 Å². The molecule has 0 aliphatic rings. The van der Waals surface area contributed by atoms with Crippen molar-refractivity contribution in [3.8, 4) is 0 Å². The first-order valence-corrected chi connectivity index (χ1v) is 8.62. The molecule has 0 radical (unpaired) electrons. The fraction of sp³-hybridized carbons (Fsp3) is 0.556. The number of aliphatic imine (C=N–C) groups is 1. The van der Waals surface area contributed by atoms with Crippen LogP contribution in [0.15, 0.2) is 29.3 Å². The molecule has 0 aliphatic carbocycles. The number of hydrogen-bond acceptors (Lipinski definition) is 3. The maximum atomic E-state index is 12.5. The Labute approximate surface area is 175 Å². The van der Waals surface area contributed by atoms with Crippen molar-refractivity contribution in [3.05, 3.63) is 35.4 Å². The molecule has 0 unspecified atom stereocenters. The van der Waals surface area contributed by atoms with Gasteiger partial charge >= 0.3 is 12.1 Å². The fourth-order valence-corrected chi connectivity index (χ4v) is 2.20. The molecule has 27 heavy (non-hydrogen) atoms. The quantitative estimate of drug-likeness (QED) is 0.178. The summed E-state index contributed by atoms with van der Waals surface area (Å²) in [4.78, 5) is 15.4. The van der Waals surface area contributed by atoms with Gasteiger partial charge in [0.2, 0.25) is 0 Å². The van der Waals surface area contributed by atoms with E-state index in [0.717, 1.165) is 24.1 Å². The molecule has 0 saturated carbocycles. The van der Waals surface area contributed by atoms with Crippen molar-refractivity contribution >= 4 is 35.9 Å². The van der Waals surface area contributed by atoms with Gasteiger partial charge in [-0.2, -0.15) is 13.2 Å². The van der Waals surface area contributed by atoms with E-state index < -0.39 is 11.7 Å². The number of carbonyl (C=O) groups excluding carboxylic acids is 1. The molecular formula is C18H27F3IN3O2. The number of esters is 1. The van der Waals surface area contributed by atoms with E-state index in [9.17, 15) is 18.0 Å². The fourth-order valence-electron chi connectivity index (χ4n) is 2.20. The Morgan fingerprint density at radius 1 is 1.15 bits per heavy atom. The van der Waals surface area contributed by atoms with E-state index in [2.05, 4.69) is 20.4 Å². The summed E-state index contributed by atoms with van der Waals surface area (Å²) < 4.78 is 42.2. The lowest BCUT2D eigenvalue weighted by molar-refractivity contribution is -0.140. The molecule has 0 saturated heterocycles. The number of methoxy groups -OCH3 is 1. The highest BCUT2D eigenvalue weighted by atomic mass is 127. The van der Waals surface area contributed by atoms with Gasteiger partial charge < -0.3 is 15.4 Å². The maximum Gasteiger partial charge on any atom is 0.416 e. The predicted molar refractivity (Wildman–Crippen MR) is 110 cm³/mol. The largest absolute Gasteiger partial charge is 0.469 e. The molecule has 0 heterocycles. The van der Waals surface area contributed by atoms with Crippen LogP contribution >= 0.6 is 24.0 Å². The van der Waals surface area contributed by atoms with Crippen molar-refractivity contribution in [2.45, 2.75) is 38.8 Å². The molecule has 0 aliphatic heterocycles. The topological polar surface area (TPSA) is 62.7 Å². The number of nitrogens with one attached hydrogen (secondary N) is 2. The van der Waals surface area contributed by atoms with Gasteiger partial charge in [0.05, 0.1) is 12.7 Å². The number of nitrogens with zero attached hydrogens (tertiary/aromatic N) is 1. The highest BCUT2D eigenvalue weighted by Gasteiger charge is 2.29. The zero-order chi connectivity index (χ0) is 19.4. The minimum atomic E-state index is -4.31. The van der Waals surface area contributed by atoms with Gasteiger partial charge in [-0.3, -0.25) is 9.79 Å². The minimum absolute atomic E-state index is 0. The number of rotatable bonds is 9. The number of benzene rings is 1. The van der Waals surface area contributed by atoms with Gasteiger partial charge in [0, 0.05) is 26.1 Å². The lowest BCUT2D eigenvalue weighted by Gasteiger charge is -2.12. The monoisotopic (exact) mass is 501 g/mol. The molecule has 1 rings (SSSR count). The van der Waals surface area contributed by atoms with Gasteiger partial charge in [-0.05, 0) is 43.9 Å². The van der Waals surface area contributed by atoms with Crippen LogP contribution in [-0.4, -0.2) is 38.7 Å². The molecule has 0 atom stereocenters. The van der Waals surface area contributed by atoms with E-state index in [4.69, 9.17) is 0 Å². The van der Waals surface area contributed by atoms with Crippen LogP contribution in [0.3, 0.4) is 0 Å². The summed E-state index contributed by atoms with van der Waals surface area (Å²) in [5.74, 6) is 0.424. The van der Waals surface area contributed by atoms with E-state index in [1.807, 2.05) is 6.92 Å². The van der Waals surface area contributed by atoms with Crippen LogP contribution in [0, 0.1) is 0 Å². The average molecular weight is 501 g/mol. The molecule has 0 aromatic heterocycles. The Hall–Kier alpha value is -1.52. The minimum Gasteiger partial charge on any atom is -0.469 e. The van der Waals surface area contributed by atoms with Crippen molar-refractivity contribution < 1.29 is 22.7 Å². The Bertz CT molecular complexity index is 578. The van der Waals surface area contributed by atoms with Crippen LogP contribution < -0.4 is 10.6 Å². The summed E-state index contributed by atoms with van der Waals surface area (Å²) >= 11 is 0. The van der Waals surface area contributed by atoms with Crippen molar-refractivity contribution in [2.75, 3.05) is 26.7 Å². The van der Waals surface area contributed by atoms with Crippen LogP contribution in [0.2, 0.25) is 0 Å². The van der Waals surface area contributed by atoms with Gasteiger partial charge in [0.15, 0.2) is 5.96 Å². The molecular weight excluding hydrogens is 474 g/mol. The van der Waals surface area contributed by atoms with E-state index in [1.54, 1.807) is 0 Å². The van der Waals surface area contributed by atoms with Crippen LogP contribution in [0.5, 0.6) is 0 Å². The first kappa shape index (κ1) is 25.5. The van der Waals surface area contributed by atoms with E-state index >= 15 is 0 Å². The average Bonchev–Trinajstić information content (AvgIpc) is 2.60. The smallest absolute Gasteiger partial charge is 0.416 e. The Kier molecular flexibility index (Phi) is 12.9. The maximum absolute atomic E-state index is 12.5. The van der Waals surface area contributed by atoms with Crippen molar-refractivity contribution in [1.29, 1.82) is 0 Å². The number of carbonyl (C=O) groups is 1. The Balaban J connectivity index is 0.00000676. The third-order valence-corrected chi connectivity index (χ3v) is 3.62. The second kappa shape index (κ2) is 13.6. The van der Waals surface area contributed by atoms with Crippen LogP contribution in [0.1, 0.15) is 37.3 Å². The molecule has 0 bridgehead atoms. The summed E-state index contributed by atoms with van der Waals surface area (Å²) in [6, 6.07) is 5.16. The standard InChI is InChI=1S/C18H26F3N3O2.HI/c1-3-22-17(23-12-5-4-6-16(25)26-2)24-13-11-14-7-9-15(10-8-14)18(19,20)21;/h7-10H,3-6,11-13H2,1-2H3,(H2,22,23,24);1H. The highest BCUT2D eigenvalue weighted by molar-refractivity contribution is 14.0. The predicted octanol–water partition coefficient (Wildman–Crippen LogP) is 3.76. The molecule has 0 spiro atoms. The lowest BCUT2D eigenvalue weighted by atomic mass is 10.1. The first-order chi connectivity index (χ1) is 12.4. The summed E-state index contributed by atoms with van der Waals surface area (Å²) in [7, 11) is 1.37. The van der Waals surface area contributed by atoms with Gasteiger partial charge in [0.25, 0.3) is 0 Å². The summed E-state index contributed by atoms with van der Waals surface area (Å²) in [5, 5.41) is 6.26. The second-order valence-electron chi connectivity index (χ2n) is 5.67. The number of alkyl halides is 3. The SMILES string of the molecule is CCNC(=NCCCCC(=O)OC)NCCc1ccc(C(F)(F)F)cc1.I. The van der Waals surface area contributed by atoms with E-state index in [1.165, 1.54) is 19.2 Å². The number of halogens is 4. The van der Waals surface area contributed by atoms with Crippen LogP contribution in [-0.2, 0) is 22.1 Å². The first-order valence-electron chi connectivity index (χ1n) is 8.62. The number of hydrogen-bond donors (Lipinski definition) is 2. The van der Waals surface area contributed by atoms with Crippen molar-refractivity contribution in [3.63, 3.8) is 0 Å². The molecule has 154 valence electrons. The zero-order valence-electron chi connectivity index (χ0n) is 15.6. The molecule has 1 aromatic carbocycles. The molecule has 0 amide bonds. The Morgan fingerprint density at radius 3 is 2.37 bits per heavy atom. The molecule has 2 N–H and O–H groups in total. The zero-order valence-corrected chi connectivity index (χ0v) is 17.9. The summed E-state index contributed by atoms with van der Waals surface area (Å²) in [6.07, 6.45) is -1.87. The molecule has 1 aromatic rings. The van der Waals surface area contributed by atoms with Crippen molar-refractivity contribution in [2.24, 2.45) is 4.99 Å². The third-order valence-electron chi connectivity index (χ3n) is 3.62. The Morgan fingerprint density at radius 2 is 1.81 bits per heavy atom. The summed E-state index contributed by atoms with van der Waals surface area (Å²) in [5.41, 5.74) is 0.176. The van der Waals surface area contributed by atoms with E-state index in [0.29, 0.717) is 44.9 Å². The van der Waals surface area contributed by atoms with Gasteiger partial charge in [0.1, 0.15) is 0 Å². The second-order valence-corrected chi connectivity index (χ2v) is 5.67. The third kappa shape index (κ3) is 11.0. The normalized spacial score (nSPS) is 11.5. The number of ether oxygens (including phenoxy) is 1. The van der Waals surface area contributed by atoms with Gasteiger partial charge in [-0.1, -0.05) is 12.1 Å². The molecule has 9 heteroatoms. The number of unbranched alkanes of at least 4 members (excludes halogenated alkanes) is 1. The molecule has 0 fully saturated rings. The lowest BCUT2D eigenvalue weighted by Crippen LogP contribution is -2.38. The van der Waals surface area contributed by atoms with Crippen LogP contribution in [0.25, 0.3) is 0 Å². The molecule has 5 nitrogen and oxygen atoms in total. The van der Waals surface area contributed by atoms with Gasteiger partial charge in [-0.25, -0.2) is 0 Å².